The fourth-order valence-corrected chi connectivity index (χ4v) is 1.66. The minimum atomic E-state index is -0.950. The first-order chi connectivity index (χ1) is 9.45. The molecule has 0 spiro atoms. The number of carbonyl (C=O) groups is 1. The van der Waals surface area contributed by atoms with Gasteiger partial charge in [-0.2, -0.15) is 0 Å². The number of carbonyl (C=O) groups excluding carboxylic acids is 1. The highest BCUT2D eigenvalue weighted by Gasteiger charge is 2.12. The Hall–Kier alpha value is -2.34. The van der Waals surface area contributed by atoms with E-state index in [-0.39, 0.29) is 11.4 Å². The normalized spacial score (nSPS) is 10.2. The highest BCUT2D eigenvalue weighted by molar-refractivity contribution is 6.30. The van der Waals surface area contributed by atoms with E-state index in [0.29, 0.717) is 16.8 Å². The first kappa shape index (κ1) is 14.1. The molecule has 0 aliphatic carbocycles. The number of benzene rings is 2. The lowest BCUT2D eigenvalue weighted by atomic mass is 10.2. The standard InChI is InChI=1S/C13H10ClF2N3O/c14-7-1-3-9(4-2-7)18-13(20)19-12-10(16)5-8(15)6-11(12)17/h1-6H,17H2,(H2,18,19,20). The topological polar surface area (TPSA) is 67.1 Å². The van der Waals surface area contributed by atoms with Crippen LogP contribution >= 0.6 is 11.6 Å². The summed E-state index contributed by atoms with van der Waals surface area (Å²) >= 11 is 5.70. The van der Waals surface area contributed by atoms with Crippen LogP contribution < -0.4 is 16.4 Å². The lowest BCUT2D eigenvalue weighted by Gasteiger charge is -2.10. The quantitative estimate of drug-likeness (QED) is 0.737. The molecule has 0 fully saturated rings. The van der Waals surface area contributed by atoms with E-state index in [1.165, 1.54) is 0 Å². The number of halogens is 3. The molecule has 20 heavy (non-hydrogen) atoms. The van der Waals surface area contributed by atoms with Crippen LogP contribution in [0.1, 0.15) is 0 Å². The Morgan fingerprint density at radius 2 is 1.75 bits per heavy atom. The van der Waals surface area contributed by atoms with Gasteiger partial charge < -0.3 is 16.4 Å². The van der Waals surface area contributed by atoms with Crippen LogP contribution in [-0.4, -0.2) is 6.03 Å². The zero-order chi connectivity index (χ0) is 14.7. The van der Waals surface area contributed by atoms with Gasteiger partial charge in [0.05, 0.1) is 5.69 Å². The van der Waals surface area contributed by atoms with Crippen molar-refractivity contribution in [3.63, 3.8) is 0 Å². The second-order valence-electron chi connectivity index (χ2n) is 3.94. The minimum Gasteiger partial charge on any atom is -0.397 e. The number of nitrogen functional groups attached to an aromatic ring is 1. The number of nitrogens with one attached hydrogen (secondary N) is 2. The van der Waals surface area contributed by atoms with E-state index in [4.69, 9.17) is 17.3 Å². The summed E-state index contributed by atoms with van der Waals surface area (Å²) in [6.45, 7) is 0. The van der Waals surface area contributed by atoms with E-state index in [0.717, 1.165) is 6.07 Å². The maximum atomic E-state index is 13.5. The number of anilines is 3. The van der Waals surface area contributed by atoms with Crippen LogP contribution in [0.2, 0.25) is 5.02 Å². The second kappa shape index (κ2) is 5.75. The molecule has 2 aromatic rings. The smallest absolute Gasteiger partial charge is 0.323 e. The fraction of sp³-hybridized carbons (Fsp3) is 0. The molecule has 0 aromatic heterocycles. The van der Waals surface area contributed by atoms with Gasteiger partial charge in [0.25, 0.3) is 0 Å². The number of rotatable bonds is 2. The molecule has 2 aromatic carbocycles. The minimum absolute atomic E-state index is 0.200. The Labute approximate surface area is 118 Å². The van der Waals surface area contributed by atoms with Crippen LogP contribution in [-0.2, 0) is 0 Å². The third-order valence-electron chi connectivity index (χ3n) is 2.43. The number of hydrogen-bond acceptors (Lipinski definition) is 2. The van der Waals surface area contributed by atoms with Crippen LogP contribution in [0.5, 0.6) is 0 Å². The molecule has 0 atom stereocenters. The summed E-state index contributed by atoms with van der Waals surface area (Å²) < 4.78 is 26.4. The Bertz CT molecular complexity index is 624. The monoisotopic (exact) mass is 297 g/mol. The Kier molecular flexibility index (Phi) is 4.05. The summed E-state index contributed by atoms with van der Waals surface area (Å²) in [5.41, 5.74) is 5.43. The van der Waals surface area contributed by atoms with Crippen molar-refractivity contribution in [2.24, 2.45) is 0 Å². The van der Waals surface area contributed by atoms with Gasteiger partial charge >= 0.3 is 6.03 Å². The predicted octanol–water partition coefficient (Wildman–Crippen LogP) is 3.84. The second-order valence-corrected chi connectivity index (χ2v) is 4.37. The molecule has 7 heteroatoms. The van der Waals surface area contributed by atoms with Crippen molar-refractivity contribution in [3.8, 4) is 0 Å². The molecular formula is C13H10ClF2N3O. The van der Waals surface area contributed by atoms with Gasteiger partial charge in [0.1, 0.15) is 11.5 Å². The zero-order valence-corrected chi connectivity index (χ0v) is 10.8. The Morgan fingerprint density at radius 1 is 1.10 bits per heavy atom. The average molecular weight is 298 g/mol. The number of amides is 2. The lowest BCUT2D eigenvalue weighted by Crippen LogP contribution is -2.21. The number of urea groups is 1. The fourth-order valence-electron chi connectivity index (χ4n) is 1.53. The SMILES string of the molecule is Nc1cc(F)cc(F)c1NC(=O)Nc1ccc(Cl)cc1. The Morgan fingerprint density at radius 3 is 2.35 bits per heavy atom. The summed E-state index contributed by atoms with van der Waals surface area (Å²) in [6.07, 6.45) is 0. The molecule has 0 heterocycles. The largest absolute Gasteiger partial charge is 0.397 e. The van der Waals surface area contributed by atoms with Gasteiger partial charge in [-0.25, -0.2) is 13.6 Å². The van der Waals surface area contributed by atoms with Crippen molar-refractivity contribution >= 4 is 34.7 Å². The van der Waals surface area contributed by atoms with E-state index in [2.05, 4.69) is 10.6 Å². The van der Waals surface area contributed by atoms with E-state index in [9.17, 15) is 13.6 Å². The molecule has 0 unspecified atom stereocenters. The van der Waals surface area contributed by atoms with Crippen molar-refractivity contribution in [3.05, 3.63) is 53.1 Å². The summed E-state index contributed by atoms with van der Waals surface area (Å²) in [5.74, 6) is -1.77. The third-order valence-corrected chi connectivity index (χ3v) is 2.68. The van der Waals surface area contributed by atoms with Crippen molar-refractivity contribution < 1.29 is 13.6 Å². The van der Waals surface area contributed by atoms with E-state index in [1.807, 2.05) is 0 Å². The molecule has 2 rings (SSSR count). The molecule has 4 nitrogen and oxygen atoms in total. The third kappa shape index (κ3) is 3.36. The van der Waals surface area contributed by atoms with Crippen molar-refractivity contribution in [1.82, 2.24) is 0 Å². The molecule has 0 aliphatic rings. The summed E-state index contributed by atoms with van der Waals surface area (Å²) in [5, 5.41) is 5.20. The van der Waals surface area contributed by atoms with Crippen LogP contribution in [0.4, 0.5) is 30.6 Å². The van der Waals surface area contributed by atoms with Crippen LogP contribution in [0, 0.1) is 11.6 Å². The van der Waals surface area contributed by atoms with Gasteiger partial charge in [-0.3, -0.25) is 0 Å². The van der Waals surface area contributed by atoms with Gasteiger partial charge in [-0.15, -0.1) is 0 Å². The van der Waals surface area contributed by atoms with Crippen LogP contribution in [0.3, 0.4) is 0 Å². The van der Waals surface area contributed by atoms with E-state index < -0.39 is 17.7 Å². The van der Waals surface area contributed by atoms with E-state index in [1.54, 1.807) is 24.3 Å². The maximum absolute atomic E-state index is 13.5. The van der Waals surface area contributed by atoms with Gasteiger partial charge in [0, 0.05) is 16.8 Å². The number of nitrogens with two attached hydrogens (primary N) is 1. The van der Waals surface area contributed by atoms with Crippen LogP contribution in [0.15, 0.2) is 36.4 Å². The predicted molar refractivity (Wildman–Crippen MR) is 74.9 cm³/mol. The molecule has 0 radical (unpaired) electrons. The zero-order valence-electron chi connectivity index (χ0n) is 10.1. The highest BCUT2D eigenvalue weighted by Crippen LogP contribution is 2.24. The Balaban J connectivity index is 2.10. The first-order valence-corrected chi connectivity index (χ1v) is 5.91. The van der Waals surface area contributed by atoms with Gasteiger partial charge in [-0.05, 0) is 30.3 Å². The molecule has 0 saturated heterocycles. The molecular weight excluding hydrogens is 288 g/mol. The van der Waals surface area contributed by atoms with Crippen molar-refractivity contribution in [2.75, 3.05) is 16.4 Å². The summed E-state index contributed by atoms with van der Waals surface area (Å²) in [7, 11) is 0. The molecule has 4 N–H and O–H groups in total. The summed E-state index contributed by atoms with van der Waals surface area (Å²) in [4.78, 5) is 11.7. The van der Waals surface area contributed by atoms with E-state index >= 15 is 0 Å². The lowest BCUT2D eigenvalue weighted by molar-refractivity contribution is 0.262. The first-order valence-electron chi connectivity index (χ1n) is 5.54. The van der Waals surface area contributed by atoms with Gasteiger partial charge in [0.15, 0.2) is 5.82 Å². The van der Waals surface area contributed by atoms with Gasteiger partial charge in [-0.1, -0.05) is 11.6 Å². The highest BCUT2D eigenvalue weighted by atomic mass is 35.5. The molecule has 0 bridgehead atoms. The molecule has 2 amide bonds. The molecule has 0 aliphatic heterocycles. The van der Waals surface area contributed by atoms with Crippen molar-refractivity contribution in [2.45, 2.75) is 0 Å². The van der Waals surface area contributed by atoms with Gasteiger partial charge in [0.2, 0.25) is 0 Å². The number of hydrogen-bond donors (Lipinski definition) is 3. The molecule has 104 valence electrons. The summed E-state index contributed by atoms with van der Waals surface area (Å²) in [6, 6.07) is 7.17. The van der Waals surface area contributed by atoms with Crippen molar-refractivity contribution in [1.29, 1.82) is 0 Å². The average Bonchev–Trinajstić information content (AvgIpc) is 2.36. The maximum Gasteiger partial charge on any atom is 0.323 e. The van der Waals surface area contributed by atoms with Crippen LogP contribution in [0.25, 0.3) is 0 Å². The molecule has 0 saturated carbocycles.